The van der Waals surface area contributed by atoms with E-state index in [4.69, 9.17) is 4.42 Å². The summed E-state index contributed by atoms with van der Waals surface area (Å²) >= 11 is 0. The number of fused-ring (bicyclic) bond motifs is 1. The van der Waals surface area contributed by atoms with Crippen LogP contribution < -0.4 is 21.0 Å². The van der Waals surface area contributed by atoms with E-state index < -0.39 is 5.91 Å². The smallest absolute Gasteiger partial charge is 0.291 e. The van der Waals surface area contributed by atoms with Crippen molar-refractivity contribution in [2.45, 2.75) is 0 Å². The van der Waals surface area contributed by atoms with Gasteiger partial charge in [0.15, 0.2) is 17.0 Å². The molecule has 0 bridgehead atoms. The molecule has 0 atom stereocenters. The van der Waals surface area contributed by atoms with Gasteiger partial charge in [0, 0.05) is 37.6 Å². The summed E-state index contributed by atoms with van der Waals surface area (Å²) in [5.74, 6) is 0.0655. The second-order valence-electron chi connectivity index (χ2n) is 6.82. The number of benzene rings is 2. The lowest BCUT2D eigenvalue weighted by atomic mass is 10.2. The van der Waals surface area contributed by atoms with Crippen LogP contribution in [0.3, 0.4) is 0 Å². The van der Waals surface area contributed by atoms with Crippen LogP contribution in [0, 0.1) is 0 Å². The van der Waals surface area contributed by atoms with E-state index in [2.05, 4.69) is 20.8 Å². The number of para-hydroxylation sites is 1. The Morgan fingerprint density at radius 3 is 2.50 bits per heavy atom. The van der Waals surface area contributed by atoms with Crippen LogP contribution in [0.1, 0.15) is 10.6 Å². The van der Waals surface area contributed by atoms with Crippen LogP contribution in [-0.2, 0) is 0 Å². The van der Waals surface area contributed by atoms with Crippen molar-refractivity contribution in [3.63, 3.8) is 0 Å². The highest BCUT2D eigenvalue weighted by Gasteiger charge is 2.12. The Bertz CT molecular complexity index is 1270. The molecule has 0 aliphatic rings. The van der Waals surface area contributed by atoms with Crippen LogP contribution in [0.15, 0.2) is 76.1 Å². The zero-order valence-electron chi connectivity index (χ0n) is 16.4. The summed E-state index contributed by atoms with van der Waals surface area (Å²) in [6.07, 6.45) is 1.68. The molecule has 8 nitrogen and oxygen atoms in total. The van der Waals surface area contributed by atoms with E-state index in [1.165, 1.54) is 6.07 Å². The molecule has 1 amide bonds. The van der Waals surface area contributed by atoms with Gasteiger partial charge in [-0.15, -0.1) is 5.10 Å². The van der Waals surface area contributed by atoms with Gasteiger partial charge < -0.3 is 20.0 Å². The molecule has 0 aliphatic heterocycles. The minimum Gasteiger partial charge on any atom is -0.451 e. The van der Waals surface area contributed by atoms with E-state index in [1.807, 2.05) is 25.1 Å². The van der Waals surface area contributed by atoms with Gasteiger partial charge in [0.05, 0.1) is 17.3 Å². The maximum atomic E-state index is 12.5. The molecule has 0 fully saturated rings. The minimum atomic E-state index is -0.497. The van der Waals surface area contributed by atoms with Crippen molar-refractivity contribution in [2.24, 2.45) is 0 Å². The number of nitrogens with one attached hydrogen (secondary N) is 2. The molecule has 2 heterocycles. The lowest BCUT2D eigenvalue weighted by Crippen LogP contribution is -2.14. The van der Waals surface area contributed by atoms with E-state index in [1.54, 1.807) is 54.7 Å². The quantitative estimate of drug-likeness (QED) is 0.526. The van der Waals surface area contributed by atoms with E-state index in [-0.39, 0.29) is 11.2 Å². The van der Waals surface area contributed by atoms with Gasteiger partial charge >= 0.3 is 0 Å². The summed E-state index contributed by atoms with van der Waals surface area (Å²) in [5, 5.41) is 14.4. The second kappa shape index (κ2) is 8.04. The summed E-state index contributed by atoms with van der Waals surface area (Å²) in [5.41, 5.74) is 2.39. The minimum absolute atomic E-state index is 0.0447. The lowest BCUT2D eigenvalue weighted by Gasteiger charge is -2.13. The highest BCUT2D eigenvalue weighted by molar-refractivity contribution is 6.03. The van der Waals surface area contributed by atoms with E-state index in [9.17, 15) is 9.59 Å². The molecule has 8 heteroatoms. The summed E-state index contributed by atoms with van der Waals surface area (Å²) in [7, 11) is 3.85. The molecule has 0 saturated heterocycles. The van der Waals surface area contributed by atoms with Crippen LogP contribution >= 0.6 is 0 Å². The number of carbonyl (C=O) groups excluding carboxylic acids is 1. The third kappa shape index (κ3) is 4.12. The van der Waals surface area contributed by atoms with Crippen molar-refractivity contribution >= 4 is 39.8 Å². The number of carbonyl (C=O) groups is 1. The molecule has 0 unspecified atom stereocenters. The number of hydrogen-bond acceptors (Lipinski definition) is 7. The molecule has 4 aromatic rings. The summed E-state index contributed by atoms with van der Waals surface area (Å²) in [6, 6.07) is 17.0. The lowest BCUT2D eigenvalue weighted by molar-refractivity contribution is 0.0997. The fourth-order valence-electron chi connectivity index (χ4n) is 2.86. The number of rotatable bonds is 5. The van der Waals surface area contributed by atoms with E-state index >= 15 is 0 Å². The Morgan fingerprint density at radius 1 is 1.00 bits per heavy atom. The average molecular weight is 401 g/mol. The Kier molecular flexibility index (Phi) is 5.13. The molecule has 4 rings (SSSR count). The molecule has 30 heavy (non-hydrogen) atoms. The number of hydrogen-bond donors (Lipinski definition) is 2. The predicted molar refractivity (Wildman–Crippen MR) is 117 cm³/mol. The third-order valence-electron chi connectivity index (χ3n) is 4.43. The monoisotopic (exact) mass is 401 g/mol. The topological polar surface area (TPSA) is 100 Å². The maximum absolute atomic E-state index is 12.5. The Labute approximate surface area is 172 Å². The highest BCUT2D eigenvalue weighted by atomic mass is 16.3. The second-order valence-corrected chi connectivity index (χ2v) is 6.82. The number of amides is 1. The molecule has 0 saturated carbocycles. The zero-order chi connectivity index (χ0) is 21.1. The maximum Gasteiger partial charge on any atom is 0.291 e. The van der Waals surface area contributed by atoms with E-state index in [0.717, 1.165) is 11.4 Å². The van der Waals surface area contributed by atoms with Crippen molar-refractivity contribution in [1.29, 1.82) is 0 Å². The van der Waals surface area contributed by atoms with Crippen LogP contribution in [0.25, 0.3) is 11.0 Å². The Hall–Kier alpha value is -4.20. The number of aromatic nitrogens is 2. The molecule has 0 radical (unpaired) electrons. The normalized spacial score (nSPS) is 10.6. The molecular weight excluding hydrogens is 382 g/mol. The molecule has 2 aromatic carbocycles. The fraction of sp³-hybridized carbons (Fsp3) is 0.0909. The SMILES string of the molecule is CN(C)c1cnnc(Nc2ccc(NC(=O)c3cc(=O)c4ccccc4o3)cc2)c1. The largest absolute Gasteiger partial charge is 0.451 e. The van der Waals surface area contributed by atoms with Crippen LogP contribution in [0.4, 0.5) is 22.9 Å². The number of anilines is 4. The highest BCUT2D eigenvalue weighted by Crippen LogP contribution is 2.20. The molecular formula is C22H19N5O3. The van der Waals surface area contributed by atoms with Crippen molar-refractivity contribution in [3.05, 3.63) is 82.8 Å². The molecule has 0 spiro atoms. The predicted octanol–water partition coefficient (Wildman–Crippen LogP) is 3.64. The standard InChI is InChI=1S/C22H19N5O3/c1-27(2)16-11-21(26-23-13-16)24-14-7-9-15(10-8-14)25-22(29)20-12-18(28)17-5-3-4-6-19(17)30-20/h3-13H,1-2H3,(H,24,26)(H,25,29). The van der Waals surface area contributed by atoms with Gasteiger partial charge in [-0.05, 0) is 36.4 Å². The molecule has 150 valence electrons. The van der Waals surface area contributed by atoms with Crippen molar-refractivity contribution in [3.8, 4) is 0 Å². The van der Waals surface area contributed by atoms with Crippen molar-refractivity contribution in [2.75, 3.05) is 29.6 Å². The zero-order valence-corrected chi connectivity index (χ0v) is 16.4. The average Bonchev–Trinajstić information content (AvgIpc) is 2.75. The number of nitrogens with zero attached hydrogens (tertiary/aromatic N) is 3. The van der Waals surface area contributed by atoms with Crippen molar-refractivity contribution in [1.82, 2.24) is 10.2 Å². The first-order chi connectivity index (χ1) is 14.5. The Morgan fingerprint density at radius 2 is 1.73 bits per heavy atom. The van der Waals surface area contributed by atoms with Gasteiger partial charge in [-0.3, -0.25) is 9.59 Å². The Balaban J connectivity index is 1.48. The van der Waals surface area contributed by atoms with Gasteiger partial charge in [-0.1, -0.05) is 12.1 Å². The van der Waals surface area contributed by atoms with Crippen LogP contribution in [0.2, 0.25) is 0 Å². The summed E-state index contributed by atoms with van der Waals surface area (Å²) < 4.78 is 5.57. The first kappa shape index (κ1) is 19.1. The molecule has 2 aromatic heterocycles. The molecule has 2 N–H and O–H groups in total. The van der Waals surface area contributed by atoms with Gasteiger partial charge in [0.2, 0.25) is 0 Å². The first-order valence-electron chi connectivity index (χ1n) is 9.21. The third-order valence-corrected chi connectivity index (χ3v) is 4.43. The van der Waals surface area contributed by atoms with Gasteiger partial charge in [0.25, 0.3) is 5.91 Å². The molecule has 0 aliphatic carbocycles. The van der Waals surface area contributed by atoms with Gasteiger partial charge in [-0.25, -0.2) is 0 Å². The summed E-state index contributed by atoms with van der Waals surface area (Å²) in [6.45, 7) is 0. The van der Waals surface area contributed by atoms with Crippen LogP contribution in [0.5, 0.6) is 0 Å². The first-order valence-corrected chi connectivity index (χ1v) is 9.21. The van der Waals surface area contributed by atoms with Gasteiger partial charge in [0.1, 0.15) is 5.58 Å². The fourth-order valence-corrected chi connectivity index (χ4v) is 2.86. The van der Waals surface area contributed by atoms with Crippen LogP contribution in [-0.4, -0.2) is 30.2 Å². The van der Waals surface area contributed by atoms with E-state index in [0.29, 0.717) is 22.5 Å². The van der Waals surface area contributed by atoms with Gasteiger partial charge in [-0.2, -0.15) is 5.10 Å². The van der Waals surface area contributed by atoms with Crippen molar-refractivity contribution < 1.29 is 9.21 Å². The summed E-state index contributed by atoms with van der Waals surface area (Å²) in [4.78, 5) is 26.6.